The van der Waals surface area contributed by atoms with Gasteiger partial charge in [-0.2, -0.15) is 0 Å². The van der Waals surface area contributed by atoms with Gasteiger partial charge in [-0.05, 0) is 51.7 Å². The first-order chi connectivity index (χ1) is 14.4. The summed E-state index contributed by atoms with van der Waals surface area (Å²) in [5.74, 6) is 0.373. The molecule has 0 aromatic heterocycles. The quantitative estimate of drug-likeness (QED) is 0.252. The molecule has 0 amide bonds. The van der Waals surface area contributed by atoms with E-state index >= 15 is 0 Å². The number of carbonyl (C=O) groups is 1. The van der Waals surface area contributed by atoms with Gasteiger partial charge in [-0.3, -0.25) is 4.79 Å². The minimum atomic E-state index is -1.36. The molecule has 1 aromatic carbocycles. The average molecular weight is 446 g/mol. The number of unbranched alkanes of at least 4 members (excludes halogenated alkanes) is 1. The van der Waals surface area contributed by atoms with Crippen molar-refractivity contribution in [3.8, 4) is 0 Å². The van der Waals surface area contributed by atoms with Crippen molar-refractivity contribution in [2.24, 2.45) is 11.8 Å². The first-order valence-electron chi connectivity index (χ1n) is 11.9. The van der Waals surface area contributed by atoms with Crippen LogP contribution < -0.4 is 4.72 Å². The maximum atomic E-state index is 12.8. The Morgan fingerprint density at radius 1 is 1.16 bits per heavy atom. The standard InChI is InChI=1S/C21H35NO3S.C4H9.Li/c1-8-9-16(3)17(4)19(14-20(23)25-21(5,6)7)22-26(24)18-12-10-15(2)11-13-18;1-3-4-2;/h10-13,16-17,19,22H,8-9,14H2,1-7H3;1,3-4H2,2H3;/t16-,17-,19-,26?;;/m1../s1. The van der Waals surface area contributed by atoms with Crippen LogP contribution in [0.4, 0.5) is 0 Å². The van der Waals surface area contributed by atoms with Crippen LogP contribution in [0.5, 0.6) is 0 Å². The predicted octanol–water partition coefficient (Wildman–Crippen LogP) is 6.15. The molecule has 0 saturated carbocycles. The number of nitrogens with one attached hydrogen (secondary N) is 1. The second-order valence-corrected chi connectivity index (χ2v) is 10.8. The third-order valence-corrected chi connectivity index (χ3v) is 6.50. The molecule has 0 bridgehead atoms. The Kier molecular flexibility index (Phi) is 16.0. The van der Waals surface area contributed by atoms with Gasteiger partial charge >= 0.3 is 48.5 Å². The van der Waals surface area contributed by atoms with Crippen LogP contribution in [0.2, 0.25) is 5.09 Å². The van der Waals surface area contributed by atoms with Gasteiger partial charge in [0.05, 0.1) is 23.8 Å². The van der Waals surface area contributed by atoms with E-state index in [4.69, 9.17) is 4.74 Å². The summed E-state index contributed by atoms with van der Waals surface area (Å²) in [6.45, 7) is 16.3. The Balaban J connectivity index is 0.00000161. The number of esters is 1. The Morgan fingerprint density at radius 2 is 1.74 bits per heavy atom. The third kappa shape index (κ3) is 14.3. The molecule has 1 aromatic rings. The van der Waals surface area contributed by atoms with Crippen molar-refractivity contribution in [2.75, 3.05) is 0 Å². The summed E-state index contributed by atoms with van der Waals surface area (Å²) in [5, 5.41) is 1.34. The molecule has 4 nitrogen and oxygen atoms in total. The van der Waals surface area contributed by atoms with E-state index in [0.29, 0.717) is 5.92 Å². The number of ether oxygens (including phenoxy) is 1. The van der Waals surface area contributed by atoms with Gasteiger partial charge in [-0.25, -0.2) is 0 Å². The van der Waals surface area contributed by atoms with Gasteiger partial charge in [0.15, 0.2) is 4.90 Å². The fourth-order valence-electron chi connectivity index (χ4n) is 3.23. The summed E-state index contributed by atoms with van der Waals surface area (Å²) in [6, 6.07) is 7.42. The molecule has 31 heavy (non-hydrogen) atoms. The third-order valence-electron chi connectivity index (χ3n) is 5.28. The number of carbonyl (C=O) groups excluding carboxylic acids is 1. The molecule has 1 rings (SSSR count). The van der Waals surface area contributed by atoms with Gasteiger partial charge in [0.2, 0.25) is 0 Å². The SMILES string of the molecule is CCC[C@@H](C)[C@@H](C)[C@@H](CC(=O)OC(C)(C)C)N[S+]([O-])c1ccc(C)cc1.[Li][CH2]CCC. The first kappa shape index (κ1) is 30.6. The molecule has 0 heterocycles. The molecule has 0 radical (unpaired) electrons. The van der Waals surface area contributed by atoms with Gasteiger partial charge in [0.1, 0.15) is 5.60 Å². The van der Waals surface area contributed by atoms with Gasteiger partial charge in [-0.15, -0.1) is 4.72 Å². The first-order valence-corrected chi connectivity index (χ1v) is 13.1. The Morgan fingerprint density at radius 3 is 2.16 bits per heavy atom. The zero-order chi connectivity index (χ0) is 24.0. The van der Waals surface area contributed by atoms with E-state index < -0.39 is 17.0 Å². The second kappa shape index (κ2) is 16.2. The van der Waals surface area contributed by atoms with Crippen LogP contribution >= 0.6 is 0 Å². The van der Waals surface area contributed by atoms with Crippen LogP contribution in [-0.4, -0.2) is 39.9 Å². The molecular weight excluding hydrogens is 401 g/mol. The molecule has 4 atom stereocenters. The molecule has 0 aliphatic rings. The van der Waals surface area contributed by atoms with Crippen LogP contribution in [0.1, 0.15) is 86.1 Å². The van der Waals surface area contributed by atoms with Crippen molar-refractivity contribution >= 4 is 35.0 Å². The molecule has 174 valence electrons. The molecule has 0 aliphatic heterocycles. The van der Waals surface area contributed by atoms with E-state index in [1.807, 2.05) is 52.0 Å². The second-order valence-electron chi connectivity index (χ2n) is 9.58. The maximum absolute atomic E-state index is 12.8. The molecule has 0 aliphatic carbocycles. The molecule has 1 N–H and O–H groups in total. The van der Waals surface area contributed by atoms with Crippen LogP contribution in [-0.2, 0) is 20.9 Å². The molecule has 0 saturated heterocycles. The summed E-state index contributed by atoms with van der Waals surface area (Å²) >= 11 is 0.852. The van der Waals surface area contributed by atoms with E-state index in [9.17, 15) is 9.35 Å². The molecule has 0 spiro atoms. The molecular formula is C25H44LiNO3S. The van der Waals surface area contributed by atoms with Crippen molar-refractivity contribution in [3.05, 3.63) is 29.8 Å². The van der Waals surface area contributed by atoms with E-state index in [0.717, 1.165) is 23.3 Å². The summed E-state index contributed by atoms with van der Waals surface area (Å²) in [6.07, 6.45) is 5.11. The molecule has 1 unspecified atom stereocenters. The van der Waals surface area contributed by atoms with E-state index in [1.165, 1.54) is 17.9 Å². The molecule has 0 fully saturated rings. The van der Waals surface area contributed by atoms with Crippen molar-refractivity contribution in [3.63, 3.8) is 0 Å². The van der Waals surface area contributed by atoms with Crippen molar-refractivity contribution < 1.29 is 14.1 Å². The predicted molar refractivity (Wildman–Crippen MR) is 134 cm³/mol. The zero-order valence-electron chi connectivity index (χ0n) is 21.4. The number of hydrogen-bond donors (Lipinski definition) is 1. The van der Waals surface area contributed by atoms with E-state index in [2.05, 4.69) is 50.1 Å². The zero-order valence-corrected chi connectivity index (χ0v) is 22.2. The number of benzene rings is 1. The van der Waals surface area contributed by atoms with Gasteiger partial charge in [0, 0.05) is 0 Å². The van der Waals surface area contributed by atoms with E-state index in [1.54, 1.807) is 0 Å². The topological polar surface area (TPSA) is 61.4 Å². The number of aryl methyl sites for hydroxylation is 1. The van der Waals surface area contributed by atoms with Crippen LogP contribution in [0, 0.1) is 18.8 Å². The van der Waals surface area contributed by atoms with Crippen molar-refractivity contribution in [2.45, 2.75) is 109 Å². The molecule has 6 heteroatoms. The van der Waals surface area contributed by atoms with Gasteiger partial charge in [0.25, 0.3) is 0 Å². The Labute approximate surface area is 204 Å². The monoisotopic (exact) mass is 445 g/mol. The summed E-state index contributed by atoms with van der Waals surface area (Å²) in [5.41, 5.74) is 0.608. The van der Waals surface area contributed by atoms with Crippen molar-refractivity contribution in [1.82, 2.24) is 4.72 Å². The van der Waals surface area contributed by atoms with Crippen LogP contribution in [0.3, 0.4) is 0 Å². The Bertz CT molecular complexity index is 602. The van der Waals surface area contributed by atoms with E-state index in [-0.39, 0.29) is 24.3 Å². The van der Waals surface area contributed by atoms with Crippen LogP contribution in [0.25, 0.3) is 0 Å². The fraction of sp³-hybridized carbons (Fsp3) is 0.720. The van der Waals surface area contributed by atoms with Gasteiger partial charge < -0.3 is 9.29 Å². The number of hydrogen-bond acceptors (Lipinski definition) is 4. The summed E-state index contributed by atoms with van der Waals surface area (Å²) in [4.78, 5) is 13.1. The fourth-order valence-corrected chi connectivity index (χ4v) is 4.33. The number of rotatable bonds is 11. The summed E-state index contributed by atoms with van der Waals surface area (Å²) < 4.78 is 21.4. The van der Waals surface area contributed by atoms with Crippen LogP contribution in [0.15, 0.2) is 29.2 Å². The Hall–Kier alpha value is -0.443. The summed E-state index contributed by atoms with van der Waals surface area (Å²) in [7, 11) is 0. The van der Waals surface area contributed by atoms with Gasteiger partial charge in [-0.1, -0.05) is 51.3 Å². The minimum absolute atomic E-state index is 0.200. The van der Waals surface area contributed by atoms with Crippen molar-refractivity contribution in [1.29, 1.82) is 0 Å². The average Bonchev–Trinajstić information content (AvgIpc) is 2.67. The normalized spacial score (nSPS) is 15.3.